The lowest BCUT2D eigenvalue weighted by Crippen LogP contribution is -2.38. The molecule has 2 heterocycles. The van der Waals surface area contributed by atoms with E-state index in [1.165, 1.54) is 25.7 Å². The molecule has 2 aliphatic rings. The van der Waals surface area contributed by atoms with E-state index in [0.29, 0.717) is 17.9 Å². The van der Waals surface area contributed by atoms with Gasteiger partial charge in [-0.3, -0.25) is 4.79 Å². The van der Waals surface area contributed by atoms with Crippen LogP contribution in [-0.2, 0) is 0 Å². The van der Waals surface area contributed by atoms with E-state index in [1.807, 2.05) is 37.4 Å². The molecule has 1 saturated carbocycles. The number of hydrogen-bond donors (Lipinski definition) is 1. The van der Waals surface area contributed by atoms with Crippen molar-refractivity contribution in [2.24, 2.45) is 5.92 Å². The molecule has 29 heavy (non-hydrogen) atoms. The Labute approximate surface area is 173 Å². The van der Waals surface area contributed by atoms with Gasteiger partial charge in [-0.25, -0.2) is 4.98 Å². The van der Waals surface area contributed by atoms with E-state index in [-0.39, 0.29) is 11.9 Å². The molecule has 0 bridgehead atoms. The fraction of sp³-hybridized carbons (Fsp3) is 0.500. The normalized spacial score (nSPS) is 21.2. The molecule has 1 N–H and O–H groups in total. The van der Waals surface area contributed by atoms with Crippen LogP contribution in [0.3, 0.4) is 0 Å². The Balaban J connectivity index is 1.50. The Morgan fingerprint density at radius 3 is 2.76 bits per heavy atom. The molecule has 1 aromatic carbocycles. The molecule has 1 aliphatic heterocycles. The molecule has 154 valence electrons. The van der Waals surface area contributed by atoms with Crippen molar-refractivity contribution in [2.45, 2.75) is 58.4 Å². The first-order valence-electron chi connectivity index (χ1n) is 10.9. The van der Waals surface area contributed by atoms with Gasteiger partial charge in [0.2, 0.25) is 0 Å². The highest BCUT2D eigenvalue weighted by Crippen LogP contribution is 2.38. The molecule has 1 aromatic heterocycles. The predicted octanol–water partition coefficient (Wildman–Crippen LogP) is 5.01. The number of aryl methyl sites for hydroxylation is 1. The molecule has 5 nitrogen and oxygen atoms in total. The number of nitrogens with zero attached hydrogens (tertiary/aromatic N) is 2. The molecular formula is C24H31N3O2. The molecule has 0 unspecified atom stereocenters. The standard InChI is InChI=1S/C24H31N3O2/c1-3-5-18-9-11-19(12-10-18)26-24(28)20-6-4-7-21-23(20)29-15-14-27(21)22-13-8-17(2)16-25-22/h4,6-8,13,16,18-19H,3,5,9-12,14-15H2,1-2H3,(H,26,28)/t18-,19-. The average molecular weight is 394 g/mol. The maximum Gasteiger partial charge on any atom is 0.255 e. The van der Waals surface area contributed by atoms with E-state index in [0.717, 1.165) is 42.4 Å². The second-order valence-corrected chi connectivity index (χ2v) is 8.33. The van der Waals surface area contributed by atoms with Gasteiger partial charge in [-0.1, -0.05) is 31.9 Å². The molecular weight excluding hydrogens is 362 g/mol. The van der Waals surface area contributed by atoms with E-state index in [2.05, 4.69) is 28.2 Å². The van der Waals surface area contributed by atoms with Crippen LogP contribution in [0.15, 0.2) is 36.5 Å². The first-order chi connectivity index (χ1) is 14.2. The Bertz CT molecular complexity index is 842. The van der Waals surface area contributed by atoms with E-state index in [9.17, 15) is 4.79 Å². The third kappa shape index (κ3) is 4.39. The van der Waals surface area contributed by atoms with Crippen LogP contribution in [0, 0.1) is 12.8 Å². The highest BCUT2D eigenvalue weighted by atomic mass is 16.5. The number of ether oxygens (including phenoxy) is 1. The van der Waals surface area contributed by atoms with E-state index in [4.69, 9.17) is 4.74 Å². The number of para-hydroxylation sites is 1. The van der Waals surface area contributed by atoms with Crippen LogP contribution in [0.5, 0.6) is 5.75 Å². The molecule has 1 amide bonds. The van der Waals surface area contributed by atoms with Gasteiger partial charge >= 0.3 is 0 Å². The van der Waals surface area contributed by atoms with Crippen LogP contribution in [0.1, 0.15) is 61.4 Å². The van der Waals surface area contributed by atoms with Crippen molar-refractivity contribution in [3.8, 4) is 5.75 Å². The smallest absolute Gasteiger partial charge is 0.255 e. The number of hydrogen-bond acceptors (Lipinski definition) is 4. The lowest BCUT2D eigenvalue weighted by molar-refractivity contribution is 0.0917. The quantitative estimate of drug-likeness (QED) is 0.776. The predicted molar refractivity (Wildman–Crippen MR) is 116 cm³/mol. The third-order valence-electron chi connectivity index (χ3n) is 6.14. The summed E-state index contributed by atoms with van der Waals surface area (Å²) in [6, 6.07) is 10.1. The zero-order valence-corrected chi connectivity index (χ0v) is 17.5. The summed E-state index contributed by atoms with van der Waals surface area (Å²) in [6.45, 7) is 5.54. The number of amides is 1. The van der Waals surface area contributed by atoms with Gasteiger partial charge in [-0.05, 0) is 62.3 Å². The van der Waals surface area contributed by atoms with Gasteiger partial charge in [0.05, 0.1) is 17.8 Å². The van der Waals surface area contributed by atoms with Gasteiger partial charge in [0, 0.05) is 12.2 Å². The van der Waals surface area contributed by atoms with Crippen LogP contribution in [0.25, 0.3) is 0 Å². The number of carbonyl (C=O) groups excluding carboxylic acids is 1. The third-order valence-corrected chi connectivity index (χ3v) is 6.14. The highest BCUT2D eigenvalue weighted by molar-refractivity contribution is 5.99. The second-order valence-electron chi connectivity index (χ2n) is 8.33. The van der Waals surface area contributed by atoms with Crippen LogP contribution in [-0.4, -0.2) is 30.1 Å². The Kier molecular flexibility index (Phi) is 6.02. The Hall–Kier alpha value is -2.56. The van der Waals surface area contributed by atoms with Crippen LogP contribution in [0.4, 0.5) is 11.5 Å². The SMILES string of the molecule is CCC[C@H]1CC[C@H](NC(=O)c2cccc3c2OCCN3c2ccc(C)cn2)CC1. The van der Waals surface area contributed by atoms with E-state index < -0.39 is 0 Å². The average Bonchev–Trinajstić information content (AvgIpc) is 2.75. The molecule has 1 fully saturated rings. The maximum absolute atomic E-state index is 13.1. The number of aromatic nitrogens is 1. The summed E-state index contributed by atoms with van der Waals surface area (Å²) < 4.78 is 5.96. The minimum absolute atomic E-state index is 0.0282. The fourth-order valence-corrected chi connectivity index (χ4v) is 4.55. The lowest BCUT2D eigenvalue weighted by atomic mass is 9.83. The molecule has 5 heteroatoms. The highest BCUT2D eigenvalue weighted by Gasteiger charge is 2.27. The largest absolute Gasteiger partial charge is 0.489 e. The Morgan fingerprint density at radius 2 is 2.03 bits per heavy atom. The van der Waals surface area contributed by atoms with Gasteiger partial charge in [0.1, 0.15) is 12.4 Å². The lowest BCUT2D eigenvalue weighted by Gasteiger charge is -2.32. The van der Waals surface area contributed by atoms with Gasteiger partial charge in [-0.15, -0.1) is 0 Å². The van der Waals surface area contributed by atoms with Gasteiger partial charge in [0.15, 0.2) is 5.75 Å². The summed E-state index contributed by atoms with van der Waals surface area (Å²) in [5.41, 5.74) is 2.66. The summed E-state index contributed by atoms with van der Waals surface area (Å²) in [4.78, 5) is 19.7. The van der Waals surface area contributed by atoms with Crippen LogP contribution >= 0.6 is 0 Å². The monoisotopic (exact) mass is 393 g/mol. The summed E-state index contributed by atoms with van der Waals surface area (Å²) >= 11 is 0. The molecule has 0 spiro atoms. The number of fused-ring (bicyclic) bond motifs is 1. The molecule has 2 aromatic rings. The number of pyridine rings is 1. The van der Waals surface area contributed by atoms with Crippen molar-refractivity contribution in [3.63, 3.8) is 0 Å². The molecule has 4 rings (SSSR count). The van der Waals surface area contributed by atoms with Crippen molar-refractivity contribution < 1.29 is 9.53 Å². The number of nitrogens with one attached hydrogen (secondary N) is 1. The zero-order valence-electron chi connectivity index (χ0n) is 17.5. The van der Waals surface area contributed by atoms with E-state index >= 15 is 0 Å². The van der Waals surface area contributed by atoms with Crippen molar-refractivity contribution in [2.75, 3.05) is 18.1 Å². The molecule has 0 saturated heterocycles. The van der Waals surface area contributed by atoms with Gasteiger partial charge in [-0.2, -0.15) is 0 Å². The zero-order chi connectivity index (χ0) is 20.2. The Morgan fingerprint density at radius 1 is 1.21 bits per heavy atom. The maximum atomic E-state index is 13.1. The minimum Gasteiger partial charge on any atom is -0.489 e. The summed E-state index contributed by atoms with van der Waals surface area (Å²) in [6.07, 6.45) is 9.02. The van der Waals surface area contributed by atoms with Gasteiger partial charge in [0.25, 0.3) is 5.91 Å². The summed E-state index contributed by atoms with van der Waals surface area (Å²) in [7, 11) is 0. The minimum atomic E-state index is -0.0282. The van der Waals surface area contributed by atoms with Crippen molar-refractivity contribution in [3.05, 3.63) is 47.7 Å². The second kappa shape index (κ2) is 8.85. The molecule has 1 aliphatic carbocycles. The summed E-state index contributed by atoms with van der Waals surface area (Å²) in [5.74, 6) is 2.35. The molecule has 0 radical (unpaired) electrons. The fourth-order valence-electron chi connectivity index (χ4n) is 4.55. The first-order valence-corrected chi connectivity index (χ1v) is 10.9. The van der Waals surface area contributed by atoms with Crippen molar-refractivity contribution >= 4 is 17.4 Å². The van der Waals surface area contributed by atoms with Crippen molar-refractivity contribution in [1.82, 2.24) is 10.3 Å². The summed E-state index contributed by atoms with van der Waals surface area (Å²) in [5, 5.41) is 3.26. The number of carbonyl (C=O) groups is 1. The number of benzene rings is 1. The van der Waals surface area contributed by atoms with Gasteiger partial charge < -0.3 is 15.0 Å². The number of anilines is 2. The first kappa shape index (κ1) is 19.7. The number of rotatable bonds is 5. The van der Waals surface area contributed by atoms with Crippen molar-refractivity contribution in [1.29, 1.82) is 0 Å². The topological polar surface area (TPSA) is 54.5 Å². The van der Waals surface area contributed by atoms with E-state index in [1.54, 1.807) is 0 Å². The van der Waals surface area contributed by atoms with Crippen LogP contribution < -0.4 is 15.0 Å². The van der Waals surface area contributed by atoms with Crippen LogP contribution in [0.2, 0.25) is 0 Å². The molecule has 0 atom stereocenters.